The monoisotopic (exact) mass is 390 g/mol. The van der Waals surface area contributed by atoms with E-state index in [2.05, 4.69) is 4.98 Å². The van der Waals surface area contributed by atoms with Gasteiger partial charge in [0.2, 0.25) is 10.0 Å². The lowest BCUT2D eigenvalue weighted by atomic mass is 10.1. The molecule has 0 unspecified atom stereocenters. The minimum atomic E-state index is -4.00. The van der Waals surface area contributed by atoms with E-state index in [9.17, 15) is 22.7 Å². The summed E-state index contributed by atoms with van der Waals surface area (Å²) in [5.74, 6) is -0.552. The highest BCUT2D eigenvalue weighted by molar-refractivity contribution is 7.89. The summed E-state index contributed by atoms with van der Waals surface area (Å²) in [6.07, 6.45) is 0. The average molecular weight is 390 g/mol. The Morgan fingerprint density at radius 1 is 1.11 bits per heavy atom. The maximum atomic E-state index is 13.1. The summed E-state index contributed by atoms with van der Waals surface area (Å²) >= 11 is 0. The van der Waals surface area contributed by atoms with E-state index in [1.54, 1.807) is 6.07 Å². The summed E-state index contributed by atoms with van der Waals surface area (Å²) in [5.41, 5.74) is 1.52. The number of hydrogen-bond donors (Lipinski definition) is 2. The Morgan fingerprint density at radius 2 is 1.81 bits per heavy atom. The second-order valence-electron chi connectivity index (χ2n) is 6.23. The fourth-order valence-corrected chi connectivity index (χ4v) is 4.23. The number of aromatic nitrogens is 1. The van der Waals surface area contributed by atoms with Crippen molar-refractivity contribution in [3.8, 4) is 0 Å². The van der Waals surface area contributed by atoms with Crippen LogP contribution in [-0.2, 0) is 16.6 Å². The largest absolute Gasteiger partial charge is 0.395 e. The average Bonchev–Trinajstić information content (AvgIpc) is 2.62. The number of nitrogens with one attached hydrogen (secondary N) is 1. The van der Waals surface area contributed by atoms with E-state index in [-0.39, 0.29) is 23.5 Å². The predicted octanol–water partition coefficient (Wildman–Crippen LogP) is 2.16. The van der Waals surface area contributed by atoms with Gasteiger partial charge in [-0.15, -0.1) is 0 Å². The van der Waals surface area contributed by atoms with Crippen LogP contribution in [0, 0.1) is 12.7 Å². The highest BCUT2D eigenvalue weighted by Crippen LogP contribution is 2.19. The molecule has 1 aromatic heterocycles. The van der Waals surface area contributed by atoms with E-state index in [4.69, 9.17) is 0 Å². The number of sulfonamides is 1. The number of fused-ring (bicyclic) bond motifs is 1. The second kappa shape index (κ2) is 7.59. The molecule has 1 heterocycles. The molecule has 27 heavy (non-hydrogen) atoms. The molecule has 0 aliphatic heterocycles. The number of aryl methyl sites for hydroxylation is 1. The number of rotatable bonds is 6. The molecule has 8 heteroatoms. The van der Waals surface area contributed by atoms with Gasteiger partial charge in [0.1, 0.15) is 5.82 Å². The number of hydrogen-bond acceptors (Lipinski definition) is 4. The maximum absolute atomic E-state index is 13.1. The van der Waals surface area contributed by atoms with Gasteiger partial charge in [-0.2, -0.15) is 4.31 Å². The van der Waals surface area contributed by atoms with Crippen LogP contribution >= 0.6 is 0 Å². The van der Waals surface area contributed by atoms with E-state index in [1.807, 2.05) is 25.1 Å². The summed E-state index contributed by atoms with van der Waals surface area (Å²) in [6.45, 7) is 1.10. The first-order chi connectivity index (χ1) is 12.8. The molecule has 0 bridgehead atoms. The zero-order valence-electron chi connectivity index (χ0n) is 14.6. The van der Waals surface area contributed by atoms with Gasteiger partial charge in [-0.1, -0.05) is 12.1 Å². The normalized spacial score (nSPS) is 12.0. The molecule has 6 nitrogen and oxygen atoms in total. The Labute approximate surface area is 155 Å². The van der Waals surface area contributed by atoms with Gasteiger partial charge in [0.05, 0.1) is 11.5 Å². The van der Waals surface area contributed by atoms with Crippen molar-refractivity contribution in [3.63, 3.8) is 0 Å². The van der Waals surface area contributed by atoms with Crippen molar-refractivity contribution in [1.82, 2.24) is 9.29 Å². The van der Waals surface area contributed by atoms with Crippen LogP contribution in [-0.4, -0.2) is 36.0 Å². The molecule has 0 amide bonds. The number of benzene rings is 2. The van der Waals surface area contributed by atoms with Crippen LogP contribution in [0.1, 0.15) is 11.1 Å². The number of aliphatic hydroxyl groups excluding tert-OH is 1. The summed E-state index contributed by atoms with van der Waals surface area (Å²) < 4.78 is 39.8. The lowest BCUT2D eigenvalue weighted by Gasteiger charge is -2.21. The summed E-state index contributed by atoms with van der Waals surface area (Å²) in [6, 6.07) is 11.6. The molecule has 0 fully saturated rings. The van der Waals surface area contributed by atoms with Gasteiger partial charge in [0.25, 0.3) is 5.56 Å². The first kappa shape index (κ1) is 19.2. The Kier molecular flexibility index (Phi) is 5.41. The molecule has 0 spiro atoms. The van der Waals surface area contributed by atoms with Crippen molar-refractivity contribution in [2.45, 2.75) is 18.4 Å². The molecule has 0 radical (unpaired) electrons. The van der Waals surface area contributed by atoms with Gasteiger partial charge >= 0.3 is 0 Å². The number of aromatic amines is 1. The van der Waals surface area contributed by atoms with E-state index in [0.717, 1.165) is 39.5 Å². The van der Waals surface area contributed by atoms with Crippen LogP contribution in [0.5, 0.6) is 0 Å². The van der Waals surface area contributed by atoms with Gasteiger partial charge in [-0.3, -0.25) is 4.79 Å². The number of aliphatic hydroxyl groups is 1. The first-order valence-electron chi connectivity index (χ1n) is 8.30. The molecule has 2 N–H and O–H groups in total. The fraction of sp³-hybridized carbons (Fsp3) is 0.211. The van der Waals surface area contributed by atoms with Crippen LogP contribution in [0.15, 0.2) is 58.2 Å². The molecule has 2 aromatic carbocycles. The van der Waals surface area contributed by atoms with Gasteiger partial charge in [0, 0.05) is 24.2 Å². The van der Waals surface area contributed by atoms with E-state index in [0.29, 0.717) is 5.52 Å². The van der Waals surface area contributed by atoms with Crippen LogP contribution in [0.25, 0.3) is 10.9 Å². The predicted molar refractivity (Wildman–Crippen MR) is 100 cm³/mol. The van der Waals surface area contributed by atoms with Crippen LogP contribution in [0.3, 0.4) is 0 Å². The van der Waals surface area contributed by atoms with Crippen molar-refractivity contribution >= 4 is 20.9 Å². The molecular formula is C19H19FN2O4S. The first-order valence-corrected chi connectivity index (χ1v) is 9.74. The third-order valence-corrected chi connectivity index (χ3v) is 6.09. The number of halogens is 1. The lowest BCUT2D eigenvalue weighted by Crippen LogP contribution is -2.35. The number of H-pyrrole nitrogens is 1. The van der Waals surface area contributed by atoms with Crippen molar-refractivity contribution in [1.29, 1.82) is 0 Å². The van der Waals surface area contributed by atoms with Gasteiger partial charge in [0.15, 0.2) is 0 Å². The van der Waals surface area contributed by atoms with Gasteiger partial charge in [-0.25, -0.2) is 12.8 Å². The lowest BCUT2D eigenvalue weighted by molar-refractivity contribution is 0.251. The molecule has 0 aliphatic carbocycles. The third kappa shape index (κ3) is 4.08. The van der Waals surface area contributed by atoms with E-state index in [1.165, 1.54) is 0 Å². The minimum Gasteiger partial charge on any atom is -0.395 e. The topological polar surface area (TPSA) is 90.5 Å². The highest BCUT2D eigenvalue weighted by atomic mass is 32.2. The quantitative estimate of drug-likeness (QED) is 0.675. The zero-order valence-corrected chi connectivity index (χ0v) is 15.5. The summed E-state index contributed by atoms with van der Waals surface area (Å²) in [4.78, 5) is 15.1. The standard InChI is InChI=1S/C19H19FN2O4S/c1-13-2-3-14-11-15(19(24)21-18(14)10-13)12-22(8-9-23)27(25,26)17-6-4-16(20)5-7-17/h2-7,10-11,23H,8-9,12H2,1H3,(H,21,24). The molecule has 3 aromatic rings. The minimum absolute atomic E-state index is 0.106. The van der Waals surface area contributed by atoms with Gasteiger partial charge in [-0.05, 0) is 54.3 Å². The Balaban J connectivity index is 2.00. The fourth-order valence-electron chi connectivity index (χ4n) is 2.82. The highest BCUT2D eigenvalue weighted by Gasteiger charge is 2.25. The zero-order chi connectivity index (χ0) is 19.6. The molecule has 0 atom stereocenters. The molecule has 0 saturated heterocycles. The molecule has 0 saturated carbocycles. The van der Waals surface area contributed by atoms with Crippen molar-refractivity contribution < 1.29 is 17.9 Å². The van der Waals surface area contributed by atoms with Gasteiger partial charge < -0.3 is 10.1 Å². The van der Waals surface area contributed by atoms with Crippen LogP contribution in [0.2, 0.25) is 0 Å². The second-order valence-corrected chi connectivity index (χ2v) is 8.17. The number of pyridine rings is 1. The maximum Gasteiger partial charge on any atom is 0.252 e. The van der Waals surface area contributed by atoms with E-state index >= 15 is 0 Å². The summed E-state index contributed by atoms with van der Waals surface area (Å²) in [5, 5.41) is 10.1. The van der Waals surface area contributed by atoms with Crippen LogP contribution in [0.4, 0.5) is 4.39 Å². The van der Waals surface area contributed by atoms with E-state index < -0.39 is 28.0 Å². The van der Waals surface area contributed by atoms with Crippen molar-refractivity contribution in [3.05, 3.63) is 75.8 Å². The Bertz CT molecular complexity index is 1120. The van der Waals surface area contributed by atoms with Crippen molar-refractivity contribution in [2.75, 3.05) is 13.2 Å². The Morgan fingerprint density at radius 3 is 2.48 bits per heavy atom. The molecule has 3 rings (SSSR count). The molecule has 0 aliphatic rings. The van der Waals surface area contributed by atoms with Crippen LogP contribution < -0.4 is 5.56 Å². The summed E-state index contributed by atoms with van der Waals surface area (Å²) in [7, 11) is -4.00. The molecule has 142 valence electrons. The van der Waals surface area contributed by atoms with Crippen molar-refractivity contribution in [2.24, 2.45) is 0 Å². The Hall–Kier alpha value is -2.55. The molecular weight excluding hydrogens is 371 g/mol. The third-order valence-electron chi connectivity index (χ3n) is 4.23. The SMILES string of the molecule is Cc1ccc2cc(CN(CCO)S(=O)(=O)c3ccc(F)cc3)c(=O)[nH]c2c1. The smallest absolute Gasteiger partial charge is 0.252 e. The number of nitrogens with zero attached hydrogens (tertiary/aromatic N) is 1.